The van der Waals surface area contributed by atoms with Crippen LogP contribution in [0.25, 0.3) is 0 Å². The van der Waals surface area contributed by atoms with Crippen LogP contribution in [0.5, 0.6) is 11.5 Å². The first-order chi connectivity index (χ1) is 11.9. The van der Waals surface area contributed by atoms with Gasteiger partial charge in [0.2, 0.25) is 0 Å². The van der Waals surface area contributed by atoms with Crippen LogP contribution in [-0.4, -0.2) is 36.2 Å². The van der Waals surface area contributed by atoms with Gasteiger partial charge in [0, 0.05) is 12.6 Å². The van der Waals surface area contributed by atoms with Gasteiger partial charge in [-0.3, -0.25) is 9.59 Å². The van der Waals surface area contributed by atoms with Gasteiger partial charge in [0.25, 0.3) is 5.91 Å². The smallest absolute Gasteiger partial charge is 0.311 e. The maximum Gasteiger partial charge on any atom is 0.311 e. The Labute approximate surface area is 143 Å². The number of carbonyl (C=O) groups excluding carboxylic acids is 2. The lowest BCUT2D eigenvalue weighted by Crippen LogP contribution is -2.24. The zero-order valence-electron chi connectivity index (χ0n) is 13.7. The van der Waals surface area contributed by atoms with Crippen LogP contribution in [0.4, 0.5) is 4.39 Å². The summed E-state index contributed by atoms with van der Waals surface area (Å²) in [6.45, 7) is 0.115. The van der Waals surface area contributed by atoms with Gasteiger partial charge in [-0.25, -0.2) is 9.37 Å². The maximum absolute atomic E-state index is 12.9. The first-order valence-corrected chi connectivity index (χ1v) is 7.31. The summed E-state index contributed by atoms with van der Waals surface area (Å²) in [6, 6.07) is 6.95. The summed E-state index contributed by atoms with van der Waals surface area (Å²) in [5.41, 5.74) is 0.612. The van der Waals surface area contributed by atoms with E-state index in [-0.39, 0.29) is 35.9 Å². The van der Waals surface area contributed by atoms with E-state index in [0.717, 1.165) is 0 Å². The fraction of sp³-hybridized carbons (Fsp3) is 0.235. The highest BCUT2D eigenvalue weighted by atomic mass is 19.1. The third kappa shape index (κ3) is 4.66. The number of carbonyl (C=O) groups is 2. The lowest BCUT2D eigenvalue weighted by molar-refractivity contribution is -0.139. The minimum absolute atomic E-state index is 0.0147. The molecule has 1 heterocycles. The molecule has 1 amide bonds. The van der Waals surface area contributed by atoms with Gasteiger partial charge in [0.1, 0.15) is 5.82 Å². The Morgan fingerprint density at radius 3 is 2.52 bits per heavy atom. The topological polar surface area (TPSA) is 97.8 Å². The monoisotopic (exact) mass is 348 g/mol. The Morgan fingerprint density at radius 2 is 1.92 bits per heavy atom. The predicted molar refractivity (Wildman–Crippen MR) is 85.7 cm³/mol. The Balaban J connectivity index is 2.20. The number of methoxy groups -OCH3 is 2. The van der Waals surface area contributed by atoms with Crippen LogP contribution in [-0.2, 0) is 22.5 Å². The highest BCUT2D eigenvalue weighted by molar-refractivity contribution is 5.95. The maximum atomic E-state index is 12.9. The number of benzene rings is 1. The van der Waals surface area contributed by atoms with Crippen LogP contribution in [0.3, 0.4) is 0 Å². The number of halogens is 1. The van der Waals surface area contributed by atoms with Gasteiger partial charge in [0.05, 0.1) is 26.3 Å². The third-order valence-corrected chi connectivity index (χ3v) is 3.37. The SMILES string of the molecule is COC(=O)Cc1cc(OC)c(O)c(C(=O)NCc2ccc(F)cc2)n1. The van der Waals surface area contributed by atoms with Crippen molar-refractivity contribution in [3.8, 4) is 11.5 Å². The predicted octanol–water partition coefficient (Wildman–Crippen LogP) is 1.58. The second-order valence-electron chi connectivity index (χ2n) is 5.08. The molecule has 1 aromatic heterocycles. The summed E-state index contributed by atoms with van der Waals surface area (Å²) in [6.07, 6.45) is -0.175. The number of amides is 1. The van der Waals surface area contributed by atoms with Crippen molar-refractivity contribution >= 4 is 11.9 Å². The minimum Gasteiger partial charge on any atom is -0.503 e. The lowest BCUT2D eigenvalue weighted by atomic mass is 10.2. The van der Waals surface area contributed by atoms with Crippen molar-refractivity contribution < 1.29 is 28.6 Å². The van der Waals surface area contributed by atoms with E-state index in [0.29, 0.717) is 5.56 Å². The number of aromatic hydroxyl groups is 1. The van der Waals surface area contributed by atoms with E-state index >= 15 is 0 Å². The molecule has 0 saturated heterocycles. The fourth-order valence-corrected chi connectivity index (χ4v) is 2.06. The summed E-state index contributed by atoms with van der Waals surface area (Å²) in [5, 5.41) is 12.7. The van der Waals surface area contributed by atoms with Crippen LogP contribution in [0, 0.1) is 5.82 Å². The third-order valence-electron chi connectivity index (χ3n) is 3.37. The Morgan fingerprint density at radius 1 is 1.24 bits per heavy atom. The van der Waals surface area contributed by atoms with Gasteiger partial charge in [-0.15, -0.1) is 0 Å². The van der Waals surface area contributed by atoms with Gasteiger partial charge in [-0.1, -0.05) is 12.1 Å². The fourth-order valence-electron chi connectivity index (χ4n) is 2.06. The summed E-state index contributed by atoms with van der Waals surface area (Å²) in [5.74, 6) is -2.01. The van der Waals surface area contributed by atoms with Crippen molar-refractivity contribution in [2.45, 2.75) is 13.0 Å². The zero-order valence-corrected chi connectivity index (χ0v) is 13.7. The van der Waals surface area contributed by atoms with Crippen LogP contribution in [0.15, 0.2) is 30.3 Å². The Kier molecular flexibility index (Phi) is 5.89. The number of ether oxygens (including phenoxy) is 2. The molecule has 0 aliphatic heterocycles. The Bertz CT molecular complexity index is 777. The van der Waals surface area contributed by atoms with E-state index in [4.69, 9.17) is 4.74 Å². The second-order valence-corrected chi connectivity index (χ2v) is 5.08. The molecule has 1 aromatic carbocycles. The Hall–Kier alpha value is -3.16. The molecule has 0 atom stereocenters. The molecule has 0 bridgehead atoms. The average Bonchev–Trinajstić information content (AvgIpc) is 2.62. The minimum atomic E-state index is -0.660. The van der Waals surface area contributed by atoms with Crippen LogP contribution >= 0.6 is 0 Å². The molecule has 2 N–H and O–H groups in total. The number of hydrogen-bond donors (Lipinski definition) is 2. The number of nitrogens with one attached hydrogen (secondary N) is 1. The first kappa shape index (κ1) is 18.2. The highest BCUT2D eigenvalue weighted by Crippen LogP contribution is 2.29. The molecule has 8 heteroatoms. The number of hydrogen-bond acceptors (Lipinski definition) is 6. The molecule has 2 aromatic rings. The molecule has 25 heavy (non-hydrogen) atoms. The lowest BCUT2D eigenvalue weighted by Gasteiger charge is -2.11. The molecule has 0 aliphatic rings. The van der Waals surface area contributed by atoms with E-state index in [1.807, 2.05) is 0 Å². The molecule has 0 fully saturated rings. The standard InChI is InChI=1S/C17H17FN2O5/c1-24-13-7-12(8-14(21)25-2)20-15(16(13)22)17(23)19-9-10-3-5-11(18)6-4-10/h3-7,22H,8-9H2,1-2H3,(H,19,23). The molecule has 0 spiro atoms. The summed E-state index contributed by atoms with van der Waals surface area (Å²) in [7, 11) is 2.55. The largest absolute Gasteiger partial charge is 0.503 e. The van der Waals surface area contributed by atoms with E-state index in [2.05, 4.69) is 15.0 Å². The molecule has 0 radical (unpaired) electrons. The van der Waals surface area contributed by atoms with E-state index in [1.54, 1.807) is 0 Å². The first-order valence-electron chi connectivity index (χ1n) is 7.31. The molecule has 0 saturated carbocycles. The van der Waals surface area contributed by atoms with Gasteiger partial charge >= 0.3 is 5.97 Å². The van der Waals surface area contributed by atoms with Crippen LogP contribution in [0.2, 0.25) is 0 Å². The molecule has 0 unspecified atom stereocenters. The number of aromatic nitrogens is 1. The van der Waals surface area contributed by atoms with Gasteiger partial charge in [-0.05, 0) is 17.7 Å². The van der Waals surface area contributed by atoms with E-state index in [9.17, 15) is 19.1 Å². The molecular weight excluding hydrogens is 331 g/mol. The number of esters is 1. The second kappa shape index (κ2) is 8.09. The molecule has 132 valence electrons. The van der Waals surface area contributed by atoms with Crippen molar-refractivity contribution in [2.75, 3.05) is 14.2 Å². The average molecular weight is 348 g/mol. The summed E-state index contributed by atoms with van der Waals surface area (Å²) >= 11 is 0. The van der Waals surface area contributed by atoms with Gasteiger partial charge in [0.15, 0.2) is 17.2 Å². The highest BCUT2D eigenvalue weighted by Gasteiger charge is 2.20. The van der Waals surface area contributed by atoms with Crippen LogP contribution in [0.1, 0.15) is 21.7 Å². The van der Waals surface area contributed by atoms with Crippen molar-refractivity contribution in [2.24, 2.45) is 0 Å². The summed E-state index contributed by atoms with van der Waals surface area (Å²) in [4.78, 5) is 27.7. The van der Waals surface area contributed by atoms with Crippen molar-refractivity contribution in [3.63, 3.8) is 0 Å². The number of rotatable bonds is 6. The van der Waals surface area contributed by atoms with Gasteiger partial charge < -0.3 is 19.9 Å². The molecule has 2 rings (SSSR count). The van der Waals surface area contributed by atoms with E-state index < -0.39 is 17.6 Å². The molecular formula is C17H17FN2O5. The quantitative estimate of drug-likeness (QED) is 0.769. The van der Waals surface area contributed by atoms with Crippen LogP contribution < -0.4 is 10.1 Å². The normalized spacial score (nSPS) is 10.2. The number of pyridine rings is 1. The zero-order chi connectivity index (χ0) is 18.4. The van der Waals surface area contributed by atoms with Crippen molar-refractivity contribution in [1.29, 1.82) is 0 Å². The van der Waals surface area contributed by atoms with Crippen molar-refractivity contribution in [1.82, 2.24) is 10.3 Å². The van der Waals surface area contributed by atoms with Crippen molar-refractivity contribution in [3.05, 3.63) is 53.1 Å². The molecule has 7 nitrogen and oxygen atoms in total. The molecule has 0 aliphatic carbocycles. The number of nitrogens with zero attached hydrogens (tertiary/aromatic N) is 1. The van der Waals surface area contributed by atoms with Gasteiger partial charge in [-0.2, -0.15) is 0 Å². The summed E-state index contributed by atoms with van der Waals surface area (Å²) < 4.78 is 22.4. The van der Waals surface area contributed by atoms with E-state index in [1.165, 1.54) is 44.6 Å².